The van der Waals surface area contributed by atoms with Gasteiger partial charge in [0.2, 0.25) is 11.8 Å². The Hall–Kier alpha value is -3.56. The maximum Gasteiger partial charge on any atom is 0.325 e. The minimum absolute atomic E-state index is 0.0650. The van der Waals surface area contributed by atoms with Crippen LogP contribution in [0.5, 0.6) is 11.6 Å². The summed E-state index contributed by atoms with van der Waals surface area (Å²) in [6.45, 7) is 2.26. The first-order valence-corrected chi connectivity index (χ1v) is 11.1. The van der Waals surface area contributed by atoms with Crippen LogP contribution in [0.3, 0.4) is 0 Å². The second-order valence-electron chi connectivity index (χ2n) is 8.40. The summed E-state index contributed by atoms with van der Waals surface area (Å²) >= 11 is 0. The summed E-state index contributed by atoms with van der Waals surface area (Å²) in [5.74, 6) is 1.87. The molecule has 10 heteroatoms. The molecule has 1 unspecified atom stereocenters. The van der Waals surface area contributed by atoms with Gasteiger partial charge in [-0.05, 0) is 43.2 Å². The maximum absolute atomic E-state index is 13.0. The third-order valence-electron chi connectivity index (χ3n) is 5.91. The van der Waals surface area contributed by atoms with Gasteiger partial charge >= 0.3 is 6.03 Å². The number of ether oxygens (including phenoxy) is 2. The first-order chi connectivity index (χ1) is 15.9. The molecule has 4 rings (SSSR count). The monoisotopic (exact) mass is 454 g/mol. The summed E-state index contributed by atoms with van der Waals surface area (Å²) in [5, 5.41) is 8.25. The van der Waals surface area contributed by atoms with Crippen LogP contribution in [-0.4, -0.2) is 92.0 Å². The van der Waals surface area contributed by atoms with Gasteiger partial charge in [-0.3, -0.25) is 9.69 Å². The molecular weight excluding hydrogens is 424 g/mol. The Morgan fingerprint density at radius 3 is 2.55 bits per heavy atom. The smallest absolute Gasteiger partial charge is 0.325 e. The largest absolute Gasteiger partial charge is 0.497 e. The zero-order valence-electron chi connectivity index (χ0n) is 19.3. The predicted octanol–water partition coefficient (Wildman–Crippen LogP) is 1.86. The quantitative estimate of drug-likeness (QED) is 0.631. The van der Waals surface area contributed by atoms with Gasteiger partial charge < -0.3 is 24.2 Å². The molecule has 1 aromatic heterocycles. The molecule has 2 fully saturated rings. The van der Waals surface area contributed by atoms with Crippen LogP contribution in [0.25, 0.3) is 0 Å². The van der Waals surface area contributed by atoms with Gasteiger partial charge in [-0.25, -0.2) is 4.79 Å². The van der Waals surface area contributed by atoms with E-state index in [0.717, 1.165) is 30.1 Å². The van der Waals surface area contributed by atoms with Crippen molar-refractivity contribution in [2.75, 3.05) is 63.7 Å². The van der Waals surface area contributed by atoms with Crippen molar-refractivity contribution in [1.29, 1.82) is 0 Å². The minimum atomic E-state index is -0.158. The number of benzene rings is 1. The van der Waals surface area contributed by atoms with Crippen molar-refractivity contribution < 1.29 is 19.1 Å². The fraction of sp³-hybridized carbons (Fsp3) is 0.478. The molecule has 0 aliphatic carbocycles. The van der Waals surface area contributed by atoms with E-state index in [2.05, 4.69) is 10.2 Å². The van der Waals surface area contributed by atoms with Gasteiger partial charge in [-0.15, -0.1) is 10.2 Å². The van der Waals surface area contributed by atoms with Crippen molar-refractivity contribution in [2.24, 2.45) is 0 Å². The van der Waals surface area contributed by atoms with Crippen molar-refractivity contribution >= 4 is 23.4 Å². The number of rotatable bonds is 7. The van der Waals surface area contributed by atoms with Gasteiger partial charge in [0.25, 0.3) is 0 Å². The second kappa shape index (κ2) is 9.93. The average molecular weight is 455 g/mol. The van der Waals surface area contributed by atoms with Crippen molar-refractivity contribution in [3.8, 4) is 11.6 Å². The molecular formula is C23H30N6O4. The normalized spacial score (nSPS) is 18.5. The molecule has 3 heterocycles. The topological polar surface area (TPSA) is 91.3 Å². The van der Waals surface area contributed by atoms with Crippen LogP contribution in [0.15, 0.2) is 36.4 Å². The van der Waals surface area contributed by atoms with E-state index in [9.17, 15) is 9.59 Å². The highest BCUT2D eigenvalue weighted by molar-refractivity contribution is 5.96. The fourth-order valence-electron chi connectivity index (χ4n) is 4.04. The Morgan fingerprint density at radius 2 is 1.88 bits per heavy atom. The first-order valence-electron chi connectivity index (χ1n) is 11.1. The highest BCUT2D eigenvalue weighted by Crippen LogP contribution is 2.24. The number of nitrogens with zero attached hydrogens (tertiary/aromatic N) is 6. The van der Waals surface area contributed by atoms with E-state index in [1.54, 1.807) is 27.9 Å². The number of methoxy groups -OCH3 is 1. The molecule has 0 bridgehead atoms. The van der Waals surface area contributed by atoms with Crippen LogP contribution in [0, 0.1) is 0 Å². The summed E-state index contributed by atoms with van der Waals surface area (Å²) in [7, 11) is 5.40. The Balaban J connectivity index is 1.31. The zero-order chi connectivity index (χ0) is 23.4. The maximum atomic E-state index is 13.0. The molecule has 33 heavy (non-hydrogen) atoms. The van der Waals surface area contributed by atoms with E-state index >= 15 is 0 Å². The number of hydrogen-bond acceptors (Lipinski definition) is 7. The van der Waals surface area contributed by atoms with Gasteiger partial charge in [0.15, 0.2) is 5.82 Å². The molecule has 1 atom stereocenters. The van der Waals surface area contributed by atoms with E-state index in [-0.39, 0.29) is 24.6 Å². The molecule has 0 N–H and O–H groups in total. The summed E-state index contributed by atoms with van der Waals surface area (Å²) in [6, 6.07) is 10.8. The number of amides is 3. The number of carbonyl (C=O) groups excluding carboxylic acids is 2. The molecule has 0 saturated carbocycles. The van der Waals surface area contributed by atoms with Crippen molar-refractivity contribution in [3.05, 3.63) is 36.4 Å². The number of anilines is 2. The highest BCUT2D eigenvalue weighted by Gasteiger charge is 2.33. The summed E-state index contributed by atoms with van der Waals surface area (Å²) in [4.78, 5) is 32.7. The Labute approximate surface area is 193 Å². The van der Waals surface area contributed by atoms with Crippen LogP contribution in [0.4, 0.5) is 16.3 Å². The van der Waals surface area contributed by atoms with Crippen LogP contribution >= 0.6 is 0 Å². The third kappa shape index (κ3) is 5.27. The van der Waals surface area contributed by atoms with Gasteiger partial charge in [0.1, 0.15) is 18.4 Å². The zero-order valence-corrected chi connectivity index (χ0v) is 19.3. The van der Waals surface area contributed by atoms with E-state index in [0.29, 0.717) is 32.1 Å². The Morgan fingerprint density at radius 1 is 1.09 bits per heavy atom. The van der Waals surface area contributed by atoms with Crippen LogP contribution in [0.2, 0.25) is 0 Å². The Bertz CT molecular complexity index is 966. The first kappa shape index (κ1) is 22.6. The SMILES string of the molecule is COc1ccc(N2CCN(CC(=O)N3CCCC(Oc4ccc(N(C)C)nn4)C3)C2=O)cc1. The molecule has 1 aromatic carbocycles. The molecule has 2 aliphatic heterocycles. The van der Waals surface area contributed by atoms with Crippen molar-refractivity contribution in [3.63, 3.8) is 0 Å². The lowest BCUT2D eigenvalue weighted by Crippen LogP contribution is -2.48. The lowest BCUT2D eigenvalue weighted by atomic mass is 10.1. The number of urea groups is 1. The highest BCUT2D eigenvalue weighted by atomic mass is 16.5. The summed E-state index contributed by atoms with van der Waals surface area (Å²) in [6.07, 6.45) is 1.53. The van der Waals surface area contributed by atoms with E-state index in [1.807, 2.05) is 49.3 Å². The van der Waals surface area contributed by atoms with Crippen molar-refractivity contribution in [1.82, 2.24) is 20.0 Å². The summed E-state index contributed by atoms with van der Waals surface area (Å²) in [5.41, 5.74) is 0.795. The summed E-state index contributed by atoms with van der Waals surface area (Å²) < 4.78 is 11.1. The van der Waals surface area contributed by atoms with E-state index in [4.69, 9.17) is 9.47 Å². The van der Waals surface area contributed by atoms with E-state index < -0.39 is 0 Å². The average Bonchev–Trinajstić information content (AvgIpc) is 3.19. The third-order valence-corrected chi connectivity index (χ3v) is 5.91. The minimum Gasteiger partial charge on any atom is -0.497 e. The predicted molar refractivity (Wildman–Crippen MR) is 124 cm³/mol. The Kier molecular flexibility index (Phi) is 6.81. The van der Waals surface area contributed by atoms with Crippen molar-refractivity contribution in [2.45, 2.75) is 18.9 Å². The second-order valence-corrected chi connectivity index (χ2v) is 8.40. The van der Waals surface area contributed by atoms with Crippen LogP contribution < -0.4 is 19.3 Å². The number of aromatic nitrogens is 2. The van der Waals surface area contributed by atoms with Crippen LogP contribution in [-0.2, 0) is 4.79 Å². The number of hydrogen-bond donors (Lipinski definition) is 0. The van der Waals surface area contributed by atoms with Gasteiger partial charge in [0.05, 0.1) is 13.7 Å². The fourth-order valence-corrected chi connectivity index (χ4v) is 4.04. The van der Waals surface area contributed by atoms with Gasteiger partial charge in [0, 0.05) is 45.5 Å². The number of likely N-dealkylation sites (tertiary alicyclic amines) is 1. The lowest BCUT2D eigenvalue weighted by molar-refractivity contribution is -0.134. The lowest BCUT2D eigenvalue weighted by Gasteiger charge is -2.33. The molecule has 2 aromatic rings. The molecule has 2 aliphatic rings. The molecule has 0 radical (unpaired) electrons. The van der Waals surface area contributed by atoms with Gasteiger partial charge in [-0.1, -0.05) is 0 Å². The molecule has 0 spiro atoms. The number of piperidine rings is 1. The van der Waals surface area contributed by atoms with Crippen LogP contribution in [0.1, 0.15) is 12.8 Å². The van der Waals surface area contributed by atoms with Gasteiger partial charge in [-0.2, -0.15) is 0 Å². The molecule has 2 saturated heterocycles. The molecule has 3 amide bonds. The molecule has 176 valence electrons. The molecule has 10 nitrogen and oxygen atoms in total. The van der Waals surface area contributed by atoms with E-state index in [1.165, 1.54) is 0 Å². The number of carbonyl (C=O) groups is 2. The standard InChI is InChI=1S/C23H30N6O4/c1-26(2)20-10-11-21(25-24-20)33-19-5-4-12-27(15-19)22(30)16-28-13-14-29(23(28)31)17-6-8-18(32-3)9-7-17/h6-11,19H,4-5,12-16H2,1-3H3.